The Labute approximate surface area is 66.7 Å². The molecule has 2 nitrogen and oxygen atoms in total. The first-order valence-corrected chi connectivity index (χ1v) is 3.17. The molecule has 0 amide bonds. The first-order chi connectivity index (χ1) is 5.45. The SMILES string of the molecule is C#CC1OC(=O)CC1C(F)(F)F. The predicted octanol–water partition coefficient (Wildman–Crippen LogP) is 1.11. The van der Waals surface area contributed by atoms with Gasteiger partial charge in [0, 0.05) is 0 Å². The molecule has 0 aromatic heterocycles. The van der Waals surface area contributed by atoms with Crippen LogP contribution in [0.15, 0.2) is 0 Å². The van der Waals surface area contributed by atoms with Crippen LogP contribution in [0.2, 0.25) is 0 Å². The first-order valence-electron chi connectivity index (χ1n) is 3.17. The monoisotopic (exact) mass is 178 g/mol. The van der Waals surface area contributed by atoms with Crippen LogP contribution in [0, 0.1) is 18.3 Å². The summed E-state index contributed by atoms with van der Waals surface area (Å²) in [5.74, 6) is -0.939. The Kier molecular flexibility index (Phi) is 2.01. The van der Waals surface area contributed by atoms with Crippen molar-refractivity contribution in [3.63, 3.8) is 0 Å². The Bertz CT molecular complexity index is 238. The maximum atomic E-state index is 12.0. The fourth-order valence-corrected chi connectivity index (χ4v) is 0.996. The van der Waals surface area contributed by atoms with E-state index in [9.17, 15) is 18.0 Å². The molecule has 1 saturated heterocycles. The van der Waals surface area contributed by atoms with Crippen molar-refractivity contribution in [3.8, 4) is 12.3 Å². The minimum Gasteiger partial charge on any atom is -0.448 e. The number of carbonyl (C=O) groups excluding carboxylic acids is 1. The number of esters is 1. The lowest BCUT2D eigenvalue weighted by Crippen LogP contribution is -2.29. The molecule has 12 heavy (non-hydrogen) atoms. The zero-order valence-corrected chi connectivity index (χ0v) is 5.89. The lowest BCUT2D eigenvalue weighted by Gasteiger charge is -2.14. The molecule has 1 fully saturated rings. The van der Waals surface area contributed by atoms with Gasteiger partial charge in [0.1, 0.15) is 5.92 Å². The molecular weight excluding hydrogens is 173 g/mol. The Hall–Kier alpha value is -1.18. The number of hydrogen-bond acceptors (Lipinski definition) is 2. The Morgan fingerprint density at radius 1 is 1.58 bits per heavy atom. The van der Waals surface area contributed by atoms with E-state index in [2.05, 4.69) is 4.74 Å². The molecule has 0 aromatic carbocycles. The molecule has 1 heterocycles. The van der Waals surface area contributed by atoms with Gasteiger partial charge in [-0.3, -0.25) is 4.79 Å². The van der Waals surface area contributed by atoms with Gasteiger partial charge in [-0.05, 0) is 0 Å². The molecule has 0 saturated carbocycles. The van der Waals surface area contributed by atoms with Gasteiger partial charge in [0.15, 0.2) is 6.10 Å². The highest BCUT2D eigenvalue weighted by atomic mass is 19.4. The third-order valence-corrected chi connectivity index (χ3v) is 1.60. The van der Waals surface area contributed by atoms with Gasteiger partial charge in [0.05, 0.1) is 6.42 Å². The highest BCUT2D eigenvalue weighted by molar-refractivity contribution is 5.72. The van der Waals surface area contributed by atoms with Gasteiger partial charge in [-0.1, -0.05) is 5.92 Å². The number of alkyl halides is 3. The molecule has 1 aliphatic heterocycles. The van der Waals surface area contributed by atoms with Crippen molar-refractivity contribution in [2.45, 2.75) is 18.7 Å². The summed E-state index contributed by atoms with van der Waals surface area (Å²) in [6.45, 7) is 0. The van der Waals surface area contributed by atoms with E-state index in [0.29, 0.717) is 0 Å². The van der Waals surface area contributed by atoms with Crippen molar-refractivity contribution in [3.05, 3.63) is 0 Å². The zero-order chi connectivity index (χ0) is 9.35. The molecule has 0 bridgehead atoms. The van der Waals surface area contributed by atoms with Gasteiger partial charge in [0.25, 0.3) is 0 Å². The third kappa shape index (κ3) is 1.52. The number of terminal acetylenes is 1. The maximum absolute atomic E-state index is 12.0. The van der Waals surface area contributed by atoms with E-state index in [0.717, 1.165) is 0 Å². The summed E-state index contributed by atoms with van der Waals surface area (Å²) in [4.78, 5) is 10.5. The van der Waals surface area contributed by atoms with E-state index in [1.165, 1.54) is 0 Å². The highest BCUT2D eigenvalue weighted by Gasteiger charge is 2.51. The normalized spacial score (nSPS) is 29.7. The molecule has 0 radical (unpaired) electrons. The van der Waals surface area contributed by atoms with Gasteiger partial charge >= 0.3 is 12.1 Å². The van der Waals surface area contributed by atoms with Crippen molar-refractivity contribution < 1.29 is 22.7 Å². The molecule has 2 unspecified atom stereocenters. The molecule has 66 valence electrons. The number of cyclic esters (lactones) is 1. The van der Waals surface area contributed by atoms with Gasteiger partial charge in [-0.15, -0.1) is 6.42 Å². The van der Waals surface area contributed by atoms with Crippen LogP contribution in [-0.4, -0.2) is 18.2 Å². The lowest BCUT2D eigenvalue weighted by atomic mass is 10.0. The second kappa shape index (κ2) is 2.70. The summed E-state index contributed by atoms with van der Waals surface area (Å²) < 4.78 is 40.4. The second-order valence-corrected chi connectivity index (χ2v) is 2.43. The fraction of sp³-hybridized carbons (Fsp3) is 0.571. The average Bonchev–Trinajstić information content (AvgIpc) is 2.29. The van der Waals surface area contributed by atoms with Crippen LogP contribution < -0.4 is 0 Å². The molecule has 0 spiro atoms. The predicted molar refractivity (Wildman–Crippen MR) is 32.9 cm³/mol. The molecule has 0 N–H and O–H groups in total. The summed E-state index contributed by atoms with van der Waals surface area (Å²) in [5.41, 5.74) is 0. The molecule has 2 atom stereocenters. The quantitative estimate of drug-likeness (QED) is 0.410. The zero-order valence-electron chi connectivity index (χ0n) is 5.89. The van der Waals surface area contributed by atoms with Crippen LogP contribution in [0.1, 0.15) is 6.42 Å². The van der Waals surface area contributed by atoms with Crippen LogP contribution in [0.5, 0.6) is 0 Å². The van der Waals surface area contributed by atoms with E-state index in [4.69, 9.17) is 6.42 Å². The van der Waals surface area contributed by atoms with Crippen LogP contribution in [0.3, 0.4) is 0 Å². The third-order valence-electron chi connectivity index (χ3n) is 1.60. The topological polar surface area (TPSA) is 26.3 Å². The van der Waals surface area contributed by atoms with Gasteiger partial charge < -0.3 is 4.74 Å². The standard InChI is InChI=1S/C7H5F3O2/c1-2-5-4(7(8,9)10)3-6(11)12-5/h1,4-5H,3H2. The van der Waals surface area contributed by atoms with E-state index < -0.39 is 30.6 Å². The van der Waals surface area contributed by atoms with Crippen LogP contribution in [0.25, 0.3) is 0 Å². The molecule has 5 heteroatoms. The summed E-state index contributed by atoms with van der Waals surface area (Å²) in [5, 5.41) is 0. The first kappa shape index (κ1) is 8.91. The van der Waals surface area contributed by atoms with E-state index >= 15 is 0 Å². The fourth-order valence-electron chi connectivity index (χ4n) is 0.996. The van der Waals surface area contributed by atoms with Crippen molar-refractivity contribution in [1.29, 1.82) is 0 Å². The molecule has 0 aromatic rings. The average molecular weight is 178 g/mol. The van der Waals surface area contributed by atoms with E-state index in [1.807, 2.05) is 0 Å². The second-order valence-electron chi connectivity index (χ2n) is 2.43. The summed E-state index contributed by atoms with van der Waals surface area (Å²) in [6.07, 6.45) is -1.81. The van der Waals surface area contributed by atoms with E-state index in [1.54, 1.807) is 5.92 Å². The number of halogens is 3. The Morgan fingerprint density at radius 2 is 2.17 bits per heavy atom. The van der Waals surface area contributed by atoms with Crippen LogP contribution in [-0.2, 0) is 9.53 Å². The summed E-state index contributed by atoms with van der Waals surface area (Å²) in [6, 6.07) is 0. The summed E-state index contributed by atoms with van der Waals surface area (Å²) in [7, 11) is 0. The molecule has 0 aliphatic carbocycles. The smallest absolute Gasteiger partial charge is 0.396 e. The van der Waals surface area contributed by atoms with Crippen molar-refractivity contribution >= 4 is 5.97 Å². The maximum Gasteiger partial charge on any atom is 0.396 e. The molecule has 1 rings (SSSR count). The van der Waals surface area contributed by atoms with Gasteiger partial charge in [-0.2, -0.15) is 13.2 Å². The minimum absolute atomic E-state index is 0.668. The van der Waals surface area contributed by atoms with Gasteiger partial charge in [-0.25, -0.2) is 0 Å². The molecule has 1 aliphatic rings. The van der Waals surface area contributed by atoms with Crippen LogP contribution >= 0.6 is 0 Å². The number of hydrogen-bond donors (Lipinski definition) is 0. The van der Waals surface area contributed by atoms with E-state index in [-0.39, 0.29) is 0 Å². The summed E-state index contributed by atoms with van der Waals surface area (Å²) >= 11 is 0. The number of rotatable bonds is 0. The number of ether oxygens (including phenoxy) is 1. The van der Waals surface area contributed by atoms with Crippen molar-refractivity contribution in [2.75, 3.05) is 0 Å². The molecular formula is C7H5F3O2. The lowest BCUT2D eigenvalue weighted by molar-refractivity contribution is -0.180. The van der Waals surface area contributed by atoms with Gasteiger partial charge in [0.2, 0.25) is 0 Å². The van der Waals surface area contributed by atoms with Crippen molar-refractivity contribution in [2.24, 2.45) is 5.92 Å². The van der Waals surface area contributed by atoms with Crippen LogP contribution in [0.4, 0.5) is 13.2 Å². The van der Waals surface area contributed by atoms with Crippen molar-refractivity contribution in [1.82, 2.24) is 0 Å². The Balaban J connectivity index is 2.79. The Morgan fingerprint density at radius 3 is 2.50 bits per heavy atom. The number of carbonyl (C=O) groups is 1. The minimum atomic E-state index is -4.46. The largest absolute Gasteiger partial charge is 0.448 e. The highest BCUT2D eigenvalue weighted by Crippen LogP contribution is 2.36.